The van der Waals surface area contributed by atoms with Crippen molar-refractivity contribution in [3.8, 4) is 0 Å². The number of carbonyl (C=O) groups excluding carboxylic acids is 1. The molecule has 1 amide bonds. The first kappa shape index (κ1) is 16.2. The predicted molar refractivity (Wildman–Crippen MR) is 79.5 cm³/mol. The molecule has 10 heteroatoms. The molecule has 0 atom stereocenters. The maximum Gasteiger partial charge on any atom is 0.251 e. The van der Waals surface area contributed by atoms with E-state index in [4.69, 9.17) is 4.74 Å². The molecule has 128 valence electrons. The second kappa shape index (κ2) is 7.30. The number of hydrogen-bond acceptors (Lipinski definition) is 6. The zero-order chi connectivity index (χ0) is 16.9. The van der Waals surface area contributed by atoms with E-state index in [9.17, 15) is 13.6 Å². The Morgan fingerprint density at radius 1 is 1.25 bits per heavy atom. The van der Waals surface area contributed by atoms with E-state index in [0.29, 0.717) is 32.8 Å². The monoisotopic (exact) mass is 338 g/mol. The van der Waals surface area contributed by atoms with Crippen LogP contribution < -0.4 is 10.2 Å². The molecule has 2 aromatic rings. The van der Waals surface area contributed by atoms with Crippen molar-refractivity contribution in [3.05, 3.63) is 35.7 Å². The van der Waals surface area contributed by atoms with E-state index in [0.717, 1.165) is 12.1 Å². The number of nitrogens with zero attached hydrogens (tertiary/aromatic N) is 5. The second-order valence-electron chi connectivity index (χ2n) is 5.22. The van der Waals surface area contributed by atoms with Crippen LogP contribution in [0.15, 0.2) is 18.5 Å². The van der Waals surface area contributed by atoms with E-state index in [2.05, 4.69) is 20.8 Å². The van der Waals surface area contributed by atoms with Crippen molar-refractivity contribution in [2.75, 3.05) is 37.7 Å². The fraction of sp³-hybridized carbons (Fsp3) is 0.429. The summed E-state index contributed by atoms with van der Waals surface area (Å²) in [5.41, 5.74) is -0.192. The minimum Gasteiger partial charge on any atom is -0.378 e. The zero-order valence-electron chi connectivity index (χ0n) is 12.8. The van der Waals surface area contributed by atoms with Gasteiger partial charge in [0.1, 0.15) is 23.6 Å². The van der Waals surface area contributed by atoms with Gasteiger partial charge in [-0.15, -0.1) is 5.10 Å². The van der Waals surface area contributed by atoms with Crippen molar-refractivity contribution in [1.29, 1.82) is 0 Å². The van der Waals surface area contributed by atoms with Gasteiger partial charge in [0.25, 0.3) is 5.91 Å². The standard InChI is InChI=1S/C14H16F2N6O2/c15-11-7-10(14(23)17-1-2-22-9-18-19-20-22)8-12(16)13(11)21-3-5-24-6-4-21/h7-9H,1-6H2,(H,17,23). The molecule has 0 bridgehead atoms. The molecule has 0 unspecified atom stereocenters. The number of hydrogen-bond donors (Lipinski definition) is 1. The van der Waals surface area contributed by atoms with E-state index < -0.39 is 17.5 Å². The number of rotatable bonds is 5. The normalized spacial score (nSPS) is 14.7. The van der Waals surface area contributed by atoms with Crippen molar-refractivity contribution in [3.63, 3.8) is 0 Å². The number of amides is 1. The Morgan fingerprint density at radius 3 is 2.58 bits per heavy atom. The lowest BCUT2D eigenvalue weighted by atomic mass is 10.1. The van der Waals surface area contributed by atoms with Crippen LogP contribution in [0.3, 0.4) is 0 Å². The zero-order valence-corrected chi connectivity index (χ0v) is 12.8. The van der Waals surface area contributed by atoms with Gasteiger partial charge in [-0.3, -0.25) is 4.79 Å². The van der Waals surface area contributed by atoms with Gasteiger partial charge in [-0.05, 0) is 22.6 Å². The van der Waals surface area contributed by atoms with Crippen LogP contribution in [0.4, 0.5) is 14.5 Å². The molecule has 0 spiro atoms. The third-order valence-corrected chi connectivity index (χ3v) is 3.62. The maximum absolute atomic E-state index is 14.3. The van der Waals surface area contributed by atoms with Crippen molar-refractivity contribution < 1.29 is 18.3 Å². The lowest BCUT2D eigenvalue weighted by Gasteiger charge is -2.29. The average molecular weight is 338 g/mol. The van der Waals surface area contributed by atoms with E-state index in [-0.39, 0.29) is 17.8 Å². The average Bonchev–Trinajstić information content (AvgIpc) is 3.08. The molecule has 0 radical (unpaired) electrons. The number of aromatic nitrogens is 4. The van der Waals surface area contributed by atoms with Gasteiger partial charge in [0.15, 0.2) is 0 Å². The van der Waals surface area contributed by atoms with Crippen molar-refractivity contribution in [2.45, 2.75) is 6.54 Å². The molecule has 0 aliphatic carbocycles. The molecule has 1 aliphatic heterocycles. The molecule has 1 aromatic carbocycles. The Hall–Kier alpha value is -2.62. The molecule has 1 fully saturated rings. The number of anilines is 1. The van der Waals surface area contributed by atoms with Gasteiger partial charge in [0.05, 0.1) is 19.8 Å². The molecule has 1 N–H and O–H groups in total. The summed E-state index contributed by atoms with van der Waals surface area (Å²) in [4.78, 5) is 13.6. The van der Waals surface area contributed by atoms with Crippen LogP contribution in [0.1, 0.15) is 10.4 Å². The Kier molecular flexibility index (Phi) is 4.94. The van der Waals surface area contributed by atoms with Gasteiger partial charge in [-0.1, -0.05) is 0 Å². The Morgan fingerprint density at radius 2 is 1.96 bits per heavy atom. The van der Waals surface area contributed by atoms with Crippen LogP contribution in [-0.4, -0.2) is 59.0 Å². The van der Waals surface area contributed by atoms with Crippen LogP contribution in [0.2, 0.25) is 0 Å². The number of benzene rings is 1. The molecular weight excluding hydrogens is 322 g/mol. The summed E-state index contributed by atoms with van der Waals surface area (Å²) < 4.78 is 35.1. The second-order valence-corrected chi connectivity index (χ2v) is 5.22. The minimum absolute atomic E-state index is 0.0706. The number of halogens is 2. The molecule has 1 saturated heterocycles. The first-order valence-corrected chi connectivity index (χ1v) is 7.46. The lowest BCUT2D eigenvalue weighted by molar-refractivity contribution is 0.0950. The third-order valence-electron chi connectivity index (χ3n) is 3.62. The first-order valence-electron chi connectivity index (χ1n) is 7.46. The van der Waals surface area contributed by atoms with Crippen molar-refractivity contribution in [1.82, 2.24) is 25.5 Å². The Bertz CT molecular complexity index is 680. The highest BCUT2D eigenvalue weighted by molar-refractivity contribution is 5.94. The van der Waals surface area contributed by atoms with Gasteiger partial charge in [0, 0.05) is 25.2 Å². The van der Waals surface area contributed by atoms with Gasteiger partial charge in [-0.2, -0.15) is 0 Å². The number of morpholine rings is 1. The molecule has 3 rings (SSSR count). The van der Waals surface area contributed by atoms with E-state index in [1.807, 2.05) is 0 Å². The van der Waals surface area contributed by atoms with Gasteiger partial charge in [-0.25, -0.2) is 13.5 Å². The van der Waals surface area contributed by atoms with Crippen LogP contribution >= 0.6 is 0 Å². The molecule has 8 nitrogen and oxygen atoms in total. The number of tetrazole rings is 1. The lowest BCUT2D eigenvalue weighted by Crippen LogP contribution is -2.37. The fourth-order valence-corrected chi connectivity index (χ4v) is 2.45. The minimum atomic E-state index is -0.762. The Labute approximate surface area is 136 Å². The summed E-state index contributed by atoms with van der Waals surface area (Å²) in [6, 6.07) is 2.08. The van der Waals surface area contributed by atoms with E-state index in [1.54, 1.807) is 4.90 Å². The van der Waals surface area contributed by atoms with Crippen LogP contribution in [-0.2, 0) is 11.3 Å². The summed E-state index contributed by atoms with van der Waals surface area (Å²) in [5, 5.41) is 13.1. The molecule has 2 heterocycles. The number of nitrogens with one attached hydrogen (secondary N) is 1. The topological polar surface area (TPSA) is 85.2 Å². The smallest absolute Gasteiger partial charge is 0.251 e. The molecular formula is C14H16F2N6O2. The van der Waals surface area contributed by atoms with Gasteiger partial charge in [0.2, 0.25) is 0 Å². The van der Waals surface area contributed by atoms with Crippen LogP contribution in [0.5, 0.6) is 0 Å². The highest BCUT2D eigenvalue weighted by Crippen LogP contribution is 2.25. The largest absolute Gasteiger partial charge is 0.378 e. The van der Waals surface area contributed by atoms with E-state index in [1.165, 1.54) is 11.0 Å². The van der Waals surface area contributed by atoms with Crippen LogP contribution in [0.25, 0.3) is 0 Å². The highest BCUT2D eigenvalue weighted by atomic mass is 19.1. The number of carbonyl (C=O) groups is 1. The third kappa shape index (κ3) is 3.65. The molecule has 24 heavy (non-hydrogen) atoms. The van der Waals surface area contributed by atoms with Gasteiger partial charge < -0.3 is 15.0 Å². The quantitative estimate of drug-likeness (QED) is 0.839. The maximum atomic E-state index is 14.3. The summed E-state index contributed by atoms with van der Waals surface area (Å²) in [5.74, 6) is -2.08. The van der Waals surface area contributed by atoms with Crippen LogP contribution in [0, 0.1) is 11.6 Å². The van der Waals surface area contributed by atoms with Crippen molar-refractivity contribution >= 4 is 11.6 Å². The van der Waals surface area contributed by atoms with E-state index >= 15 is 0 Å². The molecule has 0 saturated carbocycles. The summed E-state index contributed by atoms with van der Waals surface area (Å²) in [6.45, 7) is 2.24. The number of ether oxygens (including phenoxy) is 1. The summed E-state index contributed by atoms with van der Waals surface area (Å²) in [6.07, 6.45) is 1.41. The summed E-state index contributed by atoms with van der Waals surface area (Å²) >= 11 is 0. The molecule has 1 aliphatic rings. The first-order chi connectivity index (χ1) is 11.6. The fourth-order valence-electron chi connectivity index (χ4n) is 2.45. The predicted octanol–water partition coefficient (Wildman–Crippen LogP) is 0.218. The van der Waals surface area contributed by atoms with Crippen molar-refractivity contribution in [2.24, 2.45) is 0 Å². The molecule has 1 aromatic heterocycles. The van der Waals surface area contributed by atoms with Gasteiger partial charge >= 0.3 is 0 Å². The SMILES string of the molecule is O=C(NCCn1cnnn1)c1cc(F)c(N2CCOCC2)c(F)c1. The Balaban J connectivity index is 1.66. The summed E-state index contributed by atoms with van der Waals surface area (Å²) in [7, 11) is 0. The highest BCUT2D eigenvalue weighted by Gasteiger charge is 2.21.